The van der Waals surface area contributed by atoms with E-state index in [-0.39, 0.29) is 0 Å². The van der Waals surface area contributed by atoms with Gasteiger partial charge in [-0.15, -0.1) is 0 Å². The van der Waals surface area contributed by atoms with Gasteiger partial charge in [0, 0.05) is 19.3 Å². The Kier molecular flexibility index (Phi) is 3.55. The van der Waals surface area contributed by atoms with E-state index in [0.717, 1.165) is 35.9 Å². The maximum atomic E-state index is 6.20. The lowest BCUT2D eigenvalue weighted by molar-refractivity contribution is 0.733. The molecule has 0 aliphatic heterocycles. The highest BCUT2D eigenvalue weighted by Gasteiger charge is 2.18. The lowest BCUT2D eigenvalue weighted by Gasteiger charge is -2.23. The Hall–Kier alpha value is -1.97. The van der Waals surface area contributed by atoms with E-state index in [1.165, 1.54) is 0 Å². The molecule has 0 atom stereocenters. The molecule has 0 aliphatic rings. The second-order valence-electron chi connectivity index (χ2n) is 4.24. The van der Waals surface area contributed by atoms with Crippen molar-refractivity contribution in [1.29, 1.82) is 0 Å². The predicted octanol–water partition coefficient (Wildman–Crippen LogP) is 2.72. The summed E-state index contributed by atoms with van der Waals surface area (Å²) < 4.78 is 1.87. The van der Waals surface area contributed by atoms with Gasteiger partial charge in [0.1, 0.15) is 0 Å². The molecule has 0 fully saturated rings. The first-order valence-electron chi connectivity index (χ1n) is 6.32. The van der Waals surface area contributed by atoms with Crippen LogP contribution in [0.15, 0.2) is 30.3 Å². The number of nitrogens with zero attached hydrogens (tertiary/aromatic N) is 3. The highest BCUT2D eigenvalue weighted by Crippen LogP contribution is 2.31. The summed E-state index contributed by atoms with van der Waals surface area (Å²) >= 11 is 0. The lowest BCUT2D eigenvalue weighted by atomic mass is 10.2. The number of nitrogens with two attached hydrogens (primary N) is 1. The summed E-state index contributed by atoms with van der Waals surface area (Å²) in [5.41, 5.74) is 9.08. The molecular weight excluding hydrogens is 224 g/mol. The quantitative estimate of drug-likeness (QED) is 0.899. The third-order valence-corrected chi connectivity index (χ3v) is 3.10. The Bertz CT molecular complexity index is 516. The summed E-state index contributed by atoms with van der Waals surface area (Å²) in [6.45, 7) is 5.04. The molecule has 0 saturated heterocycles. The van der Waals surface area contributed by atoms with E-state index in [9.17, 15) is 0 Å². The molecule has 0 spiro atoms. The topological polar surface area (TPSA) is 47.1 Å². The number of nitrogen functional groups attached to an aromatic ring is 1. The molecule has 4 heteroatoms. The predicted molar refractivity (Wildman–Crippen MR) is 76.1 cm³/mol. The van der Waals surface area contributed by atoms with Gasteiger partial charge in [-0.3, -0.25) is 4.68 Å². The third kappa shape index (κ3) is 2.06. The van der Waals surface area contributed by atoms with E-state index in [1.54, 1.807) is 0 Å². The molecule has 18 heavy (non-hydrogen) atoms. The van der Waals surface area contributed by atoms with Crippen molar-refractivity contribution in [1.82, 2.24) is 9.78 Å². The van der Waals surface area contributed by atoms with Crippen molar-refractivity contribution in [3.05, 3.63) is 36.0 Å². The zero-order valence-corrected chi connectivity index (χ0v) is 11.2. The van der Waals surface area contributed by atoms with Crippen LogP contribution in [-0.2, 0) is 13.5 Å². The zero-order valence-electron chi connectivity index (χ0n) is 11.2. The minimum Gasteiger partial charge on any atom is -0.394 e. The van der Waals surface area contributed by atoms with Crippen molar-refractivity contribution in [3.8, 4) is 0 Å². The number of rotatable bonds is 4. The fraction of sp³-hybridized carbons (Fsp3) is 0.357. The van der Waals surface area contributed by atoms with Gasteiger partial charge in [0.2, 0.25) is 0 Å². The number of para-hydroxylation sites is 1. The van der Waals surface area contributed by atoms with Gasteiger partial charge in [0.25, 0.3) is 0 Å². The van der Waals surface area contributed by atoms with Crippen LogP contribution >= 0.6 is 0 Å². The molecule has 0 radical (unpaired) electrons. The van der Waals surface area contributed by atoms with Crippen LogP contribution in [0.1, 0.15) is 19.5 Å². The first-order chi connectivity index (χ1) is 8.69. The van der Waals surface area contributed by atoms with E-state index < -0.39 is 0 Å². The average molecular weight is 244 g/mol. The van der Waals surface area contributed by atoms with E-state index in [1.807, 2.05) is 29.9 Å². The molecule has 1 aromatic carbocycles. The van der Waals surface area contributed by atoms with Crippen LogP contribution in [0.25, 0.3) is 0 Å². The molecule has 0 aliphatic carbocycles. The van der Waals surface area contributed by atoms with Gasteiger partial charge in [0.15, 0.2) is 5.82 Å². The van der Waals surface area contributed by atoms with Crippen molar-refractivity contribution in [2.24, 2.45) is 7.05 Å². The van der Waals surface area contributed by atoms with Crippen molar-refractivity contribution in [2.45, 2.75) is 20.3 Å². The van der Waals surface area contributed by atoms with Crippen LogP contribution in [0.3, 0.4) is 0 Å². The first kappa shape index (κ1) is 12.5. The van der Waals surface area contributed by atoms with Crippen LogP contribution < -0.4 is 10.6 Å². The molecule has 2 N–H and O–H groups in total. The Morgan fingerprint density at radius 2 is 1.89 bits per heavy atom. The molecule has 0 unspecified atom stereocenters. The number of hydrogen-bond acceptors (Lipinski definition) is 3. The van der Waals surface area contributed by atoms with E-state index in [0.29, 0.717) is 0 Å². The smallest absolute Gasteiger partial charge is 0.154 e. The fourth-order valence-electron chi connectivity index (χ4n) is 2.23. The monoisotopic (exact) mass is 244 g/mol. The van der Waals surface area contributed by atoms with Gasteiger partial charge < -0.3 is 10.6 Å². The largest absolute Gasteiger partial charge is 0.394 e. The van der Waals surface area contributed by atoms with E-state index >= 15 is 0 Å². The van der Waals surface area contributed by atoms with Crippen LogP contribution in [0.2, 0.25) is 0 Å². The summed E-state index contributed by atoms with van der Waals surface area (Å²) in [7, 11) is 1.94. The van der Waals surface area contributed by atoms with Crippen molar-refractivity contribution >= 4 is 17.2 Å². The summed E-state index contributed by atoms with van der Waals surface area (Å²) in [4.78, 5) is 2.18. The van der Waals surface area contributed by atoms with Crippen molar-refractivity contribution in [3.63, 3.8) is 0 Å². The lowest BCUT2D eigenvalue weighted by Crippen LogP contribution is -2.20. The van der Waals surface area contributed by atoms with Gasteiger partial charge in [-0.25, -0.2) is 0 Å². The molecular formula is C14H20N4. The molecule has 0 saturated carbocycles. The standard InChI is InChI=1S/C14H20N4/c1-4-12-13(15)14(17(3)16-12)18(5-2)11-9-7-6-8-10-11/h6-10H,4-5,15H2,1-3H3. The van der Waals surface area contributed by atoms with Gasteiger partial charge in [-0.1, -0.05) is 25.1 Å². The Labute approximate surface area is 108 Å². The Morgan fingerprint density at radius 3 is 2.39 bits per heavy atom. The molecule has 0 bridgehead atoms. The number of aromatic nitrogens is 2. The maximum Gasteiger partial charge on any atom is 0.154 e. The van der Waals surface area contributed by atoms with Gasteiger partial charge in [-0.05, 0) is 25.5 Å². The van der Waals surface area contributed by atoms with E-state index in [4.69, 9.17) is 5.73 Å². The summed E-state index contributed by atoms with van der Waals surface area (Å²) in [6.07, 6.45) is 0.853. The van der Waals surface area contributed by atoms with Crippen molar-refractivity contribution < 1.29 is 0 Å². The zero-order chi connectivity index (χ0) is 13.1. The van der Waals surface area contributed by atoms with Gasteiger partial charge >= 0.3 is 0 Å². The van der Waals surface area contributed by atoms with Gasteiger partial charge in [-0.2, -0.15) is 5.10 Å². The van der Waals surface area contributed by atoms with Gasteiger partial charge in [0.05, 0.1) is 11.4 Å². The minimum absolute atomic E-state index is 0.783. The Balaban J connectivity index is 2.49. The third-order valence-electron chi connectivity index (χ3n) is 3.10. The van der Waals surface area contributed by atoms with Crippen LogP contribution in [0.5, 0.6) is 0 Å². The second-order valence-corrected chi connectivity index (χ2v) is 4.24. The molecule has 2 rings (SSSR count). The number of aryl methyl sites for hydroxylation is 2. The van der Waals surface area contributed by atoms with E-state index in [2.05, 4.69) is 36.0 Å². The molecule has 1 heterocycles. The fourth-order valence-corrected chi connectivity index (χ4v) is 2.23. The van der Waals surface area contributed by atoms with Crippen LogP contribution in [0, 0.1) is 0 Å². The maximum absolute atomic E-state index is 6.20. The molecule has 96 valence electrons. The molecule has 4 nitrogen and oxygen atoms in total. The SMILES string of the molecule is CCc1nn(C)c(N(CC)c2ccccc2)c1N. The molecule has 2 aromatic rings. The van der Waals surface area contributed by atoms with Crippen molar-refractivity contribution in [2.75, 3.05) is 17.2 Å². The Morgan fingerprint density at radius 1 is 1.22 bits per heavy atom. The number of benzene rings is 1. The first-order valence-corrected chi connectivity index (χ1v) is 6.32. The molecule has 1 aromatic heterocycles. The summed E-state index contributed by atoms with van der Waals surface area (Å²) in [5.74, 6) is 0.973. The highest BCUT2D eigenvalue weighted by molar-refractivity contribution is 5.73. The number of anilines is 3. The summed E-state index contributed by atoms with van der Waals surface area (Å²) in [6, 6.07) is 10.3. The molecule has 0 amide bonds. The average Bonchev–Trinajstić information content (AvgIpc) is 2.68. The van der Waals surface area contributed by atoms with Crippen LogP contribution in [0.4, 0.5) is 17.2 Å². The summed E-state index contributed by atoms with van der Waals surface area (Å²) in [5, 5.41) is 4.47. The minimum atomic E-state index is 0.783. The van der Waals surface area contributed by atoms with Crippen LogP contribution in [-0.4, -0.2) is 16.3 Å². The normalized spacial score (nSPS) is 10.6. The second kappa shape index (κ2) is 5.12. The number of hydrogen-bond donors (Lipinski definition) is 1. The highest BCUT2D eigenvalue weighted by atomic mass is 15.4.